The summed E-state index contributed by atoms with van der Waals surface area (Å²) in [5, 5.41) is 35.4. The summed E-state index contributed by atoms with van der Waals surface area (Å²) in [4.78, 5) is 16.8. The number of hydrogen-bond acceptors (Lipinski definition) is 8. The molecule has 0 amide bonds. The van der Waals surface area contributed by atoms with Gasteiger partial charge in [0.15, 0.2) is 11.5 Å². The molecule has 8 atom stereocenters. The van der Waals surface area contributed by atoms with Crippen LogP contribution in [0.2, 0.25) is 0 Å². The fourth-order valence-electron chi connectivity index (χ4n) is 9.65. The molecule has 218 valence electrons. The minimum Gasteiger partial charge on any atom is -0.493 e. The summed E-state index contributed by atoms with van der Waals surface area (Å²) in [7, 11) is 3.23. The van der Waals surface area contributed by atoms with Gasteiger partial charge >= 0.3 is 5.97 Å². The zero-order valence-electron chi connectivity index (χ0n) is 23.9. The summed E-state index contributed by atoms with van der Waals surface area (Å²) < 4.78 is 16.1. The molecular formula is C32H43NO7. The molecule has 8 heteroatoms. The third kappa shape index (κ3) is 3.97. The van der Waals surface area contributed by atoms with E-state index in [1.54, 1.807) is 20.3 Å². The van der Waals surface area contributed by atoms with Gasteiger partial charge in [-0.2, -0.15) is 0 Å². The number of nitrogens with zero attached hydrogens (tertiary/aromatic N) is 1. The van der Waals surface area contributed by atoms with Gasteiger partial charge in [0.05, 0.1) is 38.1 Å². The number of rotatable bonds is 6. The van der Waals surface area contributed by atoms with E-state index in [1.807, 2.05) is 24.4 Å². The number of aliphatic hydroxyl groups is 3. The molecule has 5 aliphatic rings. The van der Waals surface area contributed by atoms with Crippen LogP contribution in [0, 0.1) is 28.6 Å². The van der Waals surface area contributed by atoms with E-state index in [2.05, 4.69) is 6.92 Å². The van der Waals surface area contributed by atoms with Crippen molar-refractivity contribution in [3.8, 4) is 11.5 Å². The van der Waals surface area contributed by atoms with Crippen molar-refractivity contribution in [2.75, 3.05) is 20.8 Å². The van der Waals surface area contributed by atoms with Crippen LogP contribution in [0.3, 0.4) is 0 Å². The molecule has 1 aromatic carbocycles. The summed E-state index contributed by atoms with van der Waals surface area (Å²) in [5.41, 5.74) is -0.937. The van der Waals surface area contributed by atoms with Gasteiger partial charge in [-0.3, -0.25) is 4.99 Å². The highest BCUT2D eigenvalue weighted by atomic mass is 16.5. The van der Waals surface area contributed by atoms with Gasteiger partial charge in [0, 0.05) is 29.5 Å². The minimum absolute atomic E-state index is 0.0120. The number of ether oxygens (including phenoxy) is 3. The first-order chi connectivity index (χ1) is 19.1. The van der Waals surface area contributed by atoms with Gasteiger partial charge in [0.2, 0.25) is 0 Å². The Kier molecular flexibility index (Phi) is 6.83. The highest BCUT2D eigenvalue weighted by Crippen LogP contribution is 2.70. The highest BCUT2D eigenvalue weighted by Gasteiger charge is 2.71. The minimum atomic E-state index is -1.07. The van der Waals surface area contributed by atoms with Crippen molar-refractivity contribution >= 4 is 12.2 Å². The van der Waals surface area contributed by atoms with Crippen LogP contribution in [0.1, 0.15) is 70.3 Å². The molecule has 40 heavy (non-hydrogen) atoms. The molecule has 3 N–H and O–H groups in total. The van der Waals surface area contributed by atoms with Crippen LogP contribution in [0.5, 0.6) is 11.5 Å². The van der Waals surface area contributed by atoms with Crippen LogP contribution in [0.25, 0.3) is 0 Å². The third-order valence-electron chi connectivity index (χ3n) is 11.7. The van der Waals surface area contributed by atoms with E-state index in [-0.39, 0.29) is 29.1 Å². The van der Waals surface area contributed by atoms with E-state index in [0.29, 0.717) is 63.2 Å². The Morgan fingerprint density at radius 3 is 2.52 bits per heavy atom. The predicted molar refractivity (Wildman–Crippen MR) is 149 cm³/mol. The van der Waals surface area contributed by atoms with Crippen molar-refractivity contribution in [2.24, 2.45) is 33.6 Å². The second-order valence-corrected chi connectivity index (χ2v) is 13.2. The number of methoxy groups -OCH3 is 2. The van der Waals surface area contributed by atoms with E-state index in [0.717, 1.165) is 30.4 Å². The summed E-state index contributed by atoms with van der Waals surface area (Å²) in [6, 6.07) is 5.77. The van der Waals surface area contributed by atoms with Gasteiger partial charge in [0.25, 0.3) is 0 Å². The monoisotopic (exact) mass is 553 g/mol. The Balaban J connectivity index is 1.33. The van der Waals surface area contributed by atoms with Crippen LogP contribution in [-0.4, -0.2) is 65.6 Å². The zero-order chi connectivity index (χ0) is 28.3. The molecule has 4 fully saturated rings. The predicted octanol–water partition coefficient (Wildman–Crippen LogP) is 3.99. The largest absolute Gasteiger partial charge is 0.493 e. The first-order valence-corrected chi connectivity index (χ1v) is 14.8. The maximum absolute atomic E-state index is 12.6. The molecule has 1 heterocycles. The molecule has 0 spiro atoms. The molecule has 4 saturated carbocycles. The van der Waals surface area contributed by atoms with Crippen molar-refractivity contribution in [3.63, 3.8) is 0 Å². The van der Waals surface area contributed by atoms with Gasteiger partial charge < -0.3 is 29.5 Å². The molecule has 1 aliphatic heterocycles. The SMILES string of the molecule is COc1ccc(CN=C[C@]23CC[C@H](O)C[C@@]2(O)CC[C@@H]2[C@@H]3CC[C@]3(C)[C@@H](C4=CC(=O)OC4)CC[C@@]23O)cc1OC. The smallest absolute Gasteiger partial charge is 0.331 e. The van der Waals surface area contributed by atoms with E-state index < -0.39 is 22.7 Å². The molecule has 0 radical (unpaired) electrons. The Bertz CT molecular complexity index is 1230. The molecular weight excluding hydrogens is 510 g/mol. The van der Waals surface area contributed by atoms with Gasteiger partial charge in [-0.25, -0.2) is 4.79 Å². The third-order valence-corrected chi connectivity index (χ3v) is 11.7. The van der Waals surface area contributed by atoms with Crippen molar-refractivity contribution in [1.82, 2.24) is 0 Å². The lowest BCUT2D eigenvalue weighted by Crippen LogP contribution is -2.68. The number of cyclic esters (lactones) is 1. The van der Waals surface area contributed by atoms with Crippen molar-refractivity contribution < 1.29 is 34.3 Å². The Morgan fingerprint density at radius 1 is 1.02 bits per heavy atom. The average molecular weight is 554 g/mol. The normalized spacial score (nSPS) is 42.5. The number of esters is 1. The summed E-state index contributed by atoms with van der Waals surface area (Å²) in [5.74, 6) is 1.22. The Morgan fingerprint density at radius 2 is 1.80 bits per heavy atom. The van der Waals surface area contributed by atoms with Crippen molar-refractivity contribution in [2.45, 2.75) is 88.6 Å². The standard InChI is InChI=1S/C32H43NO7/c1-29-10-7-24-25(32(29,37)13-9-23(29)21-15-28(35)40-18-21)8-12-31(36)16-22(34)6-11-30(24,31)19-33-17-20-4-5-26(38-2)27(14-20)39-3/h4-5,14-15,19,22-25,34,36-37H,6-13,16-18H2,1-3H3/t22-,23+,24-,25+,29+,30-,31-,32+/m0/s1. The zero-order valence-corrected chi connectivity index (χ0v) is 23.9. The lowest BCUT2D eigenvalue weighted by Gasteiger charge is -2.65. The second kappa shape index (κ2) is 9.85. The lowest BCUT2D eigenvalue weighted by molar-refractivity contribution is -0.237. The molecule has 0 unspecified atom stereocenters. The molecule has 0 bridgehead atoms. The van der Waals surface area contributed by atoms with E-state index in [1.165, 1.54) is 0 Å². The van der Waals surface area contributed by atoms with Crippen LogP contribution in [0.4, 0.5) is 0 Å². The number of benzene rings is 1. The van der Waals surface area contributed by atoms with Gasteiger partial charge in [0.1, 0.15) is 6.61 Å². The van der Waals surface area contributed by atoms with E-state index in [9.17, 15) is 20.1 Å². The van der Waals surface area contributed by atoms with Crippen LogP contribution < -0.4 is 9.47 Å². The summed E-state index contributed by atoms with van der Waals surface area (Å²) in [6.07, 6.45) is 9.12. The van der Waals surface area contributed by atoms with Gasteiger partial charge in [-0.05, 0) is 92.4 Å². The number of aliphatic hydroxyl groups excluding tert-OH is 1. The summed E-state index contributed by atoms with van der Waals surface area (Å²) >= 11 is 0. The maximum Gasteiger partial charge on any atom is 0.331 e. The van der Waals surface area contributed by atoms with Gasteiger partial charge in [-0.15, -0.1) is 0 Å². The molecule has 4 aliphatic carbocycles. The number of fused-ring (bicyclic) bond motifs is 5. The average Bonchev–Trinajstić information content (AvgIpc) is 3.48. The molecule has 0 aromatic heterocycles. The Hall–Kier alpha value is -2.42. The molecule has 1 aromatic rings. The lowest BCUT2D eigenvalue weighted by atomic mass is 9.41. The number of carbonyl (C=O) groups excluding carboxylic acids is 1. The molecule has 0 saturated heterocycles. The first kappa shape index (κ1) is 27.7. The first-order valence-electron chi connectivity index (χ1n) is 14.8. The van der Waals surface area contributed by atoms with Crippen molar-refractivity contribution in [3.05, 3.63) is 35.4 Å². The van der Waals surface area contributed by atoms with Gasteiger partial charge in [-0.1, -0.05) is 13.0 Å². The topological polar surface area (TPSA) is 118 Å². The Labute approximate surface area is 236 Å². The van der Waals surface area contributed by atoms with Crippen molar-refractivity contribution in [1.29, 1.82) is 0 Å². The van der Waals surface area contributed by atoms with E-state index >= 15 is 0 Å². The maximum atomic E-state index is 12.6. The molecule has 8 nitrogen and oxygen atoms in total. The number of aliphatic imine (C=N–C) groups is 1. The van der Waals surface area contributed by atoms with Crippen LogP contribution in [-0.2, 0) is 16.1 Å². The number of carbonyl (C=O) groups is 1. The fourth-order valence-corrected chi connectivity index (χ4v) is 9.65. The highest BCUT2D eigenvalue weighted by molar-refractivity contribution is 5.85. The summed E-state index contributed by atoms with van der Waals surface area (Å²) in [6.45, 7) is 2.96. The van der Waals surface area contributed by atoms with Crippen LogP contribution in [0.15, 0.2) is 34.8 Å². The quantitative estimate of drug-likeness (QED) is 0.360. The number of hydrogen-bond donors (Lipinski definition) is 3. The second-order valence-electron chi connectivity index (χ2n) is 13.2. The van der Waals surface area contributed by atoms with E-state index in [4.69, 9.17) is 19.2 Å². The van der Waals surface area contributed by atoms with Crippen LogP contribution >= 0.6 is 0 Å². The fraction of sp³-hybridized carbons (Fsp3) is 0.688. The molecule has 6 rings (SSSR count).